The molecule has 1 amide bonds. The van der Waals surface area contributed by atoms with Crippen LogP contribution in [-0.4, -0.2) is 50.1 Å². The fourth-order valence-corrected chi connectivity index (χ4v) is 3.65. The second-order valence-electron chi connectivity index (χ2n) is 6.85. The molecule has 1 aromatic rings. The van der Waals surface area contributed by atoms with E-state index in [9.17, 15) is 18.0 Å². The zero-order chi connectivity index (χ0) is 18.0. The maximum atomic E-state index is 13.3. The number of hydrogen-bond acceptors (Lipinski definition) is 3. The van der Waals surface area contributed by atoms with Crippen LogP contribution < -0.4 is 10.2 Å². The molecule has 1 aromatic carbocycles. The maximum absolute atomic E-state index is 13.3. The molecule has 0 radical (unpaired) electrons. The summed E-state index contributed by atoms with van der Waals surface area (Å²) < 4.78 is 40.0. The van der Waals surface area contributed by atoms with E-state index in [4.69, 9.17) is 0 Å². The number of aryl methyl sites for hydroxylation is 1. The first-order chi connectivity index (χ1) is 11.9. The first-order valence-corrected chi connectivity index (χ1v) is 8.78. The molecule has 3 rings (SSSR count). The number of rotatable bonds is 2. The molecule has 4 nitrogen and oxygen atoms in total. The standard InChI is InChI=1S/C18H24F3N3O/c1-13-2-3-16(15(12-13)18(19,20)21)23-8-10-24(11-9-23)17(25)14-4-6-22-7-5-14/h2-3,12,14,22H,4-11H2,1H3. The van der Waals surface area contributed by atoms with Crippen LogP contribution in [0.1, 0.15) is 24.0 Å². The minimum Gasteiger partial charge on any atom is -0.367 e. The number of carbonyl (C=O) groups is 1. The third-order valence-electron chi connectivity index (χ3n) is 5.08. The lowest BCUT2D eigenvalue weighted by molar-refractivity contribution is -0.138. The van der Waals surface area contributed by atoms with E-state index in [0.29, 0.717) is 31.7 Å². The lowest BCUT2D eigenvalue weighted by atomic mass is 9.96. The molecule has 0 atom stereocenters. The van der Waals surface area contributed by atoms with Crippen molar-refractivity contribution in [2.45, 2.75) is 25.9 Å². The summed E-state index contributed by atoms with van der Waals surface area (Å²) in [5.41, 5.74) is 0.216. The number of hydrogen-bond donors (Lipinski definition) is 1. The van der Waals surface area contributed by atoms with Crippen molar-refractivity contribution in [2.75, 3.05) is 44.2 Å². The van der Waals surface area contributed by atoms with Crippen molar-refractivity contribution in [1.82, 2.24) is 10.2 Å². The summed E-state index contributed by atoms with van der Waals surface area (Å²) in [6.07, 6.45) is -2.69. The molecule has 2 aliphatic heterocycles. The summed E-state index contributed by atoms with van der Waals surface area (Å²) in [7, 11) is 0. The summed E-state index contributed by atoms with van der Waals surface area (Å²) in [5, 5.41) is 3.24. The average Bonchev–Trinajstić information content (AvgIpc) is 2.61. The second-order valence-corrected chi connectivity index (χ2v) is 6.85. The van der Waals surface area contributed by atoms with Gasteiger partial charge in [-0.05, 0) is 45.0 Å². The highest BCUT2D eigenvalue weighted by Crippen LogP contribution is 2.37. The summed E-state index contributed by atoms with van der Waals surface area (Å²) in [6, 6.07) is 4.45. The van der Waals surface area contributed by atoms with E-state index in [-0.39, 0.29) is 17.5 Å². The van der Waals surface area contributed by atoms with Crippen LogP contribution in [0.4, 0.5) is 18.9 Å². The number of halogens is 3. The van der Waals surface area contributed by atoms with Gasteiger partial charge in [0.1, 0.15) is 0 Å². The van der Waals surface area contributed by atoms with E-state index >= 15 is 0 Å². The first-order valence-electron chi connectivity index (χ1n) is 8.78. The summed E-state index contributed by atoms with van der Waals surface area (Å²) in [5.74, 6) is 0.207. The smallest absolute Gasteiger partial charge is 0.367 e. The van der Waals surface area contributed by atoms with Gasteiger partial charge in [0.2, 0.25) is 5.91 Å². The van der Waals surface area contributed by atoms with Crippen molar-refractivity contribution < 1.29 is 18.0 Å². The molecule has 2 heterocycles. The largest absolute Gasteiger partial charge is 0.418 e. The Morgan fingerprint density at radius 3 is 2.36 bits per heavy atom. The first kappa shape index (κ1) is 18.0. The van der Waals surface area contributed by atoms with Crippen LogP contribution in [0.15, 0.2) is 18.2 Å². The van der Waals surface area contributed by atoms with Gasteiger partial charge in [-0.3, -0.25) is 4.79 Å². The zero-order valence-corrected chi connectivity index (χ0v) is 14.4. The lowest BCUT2D eigenvalue weighted by Gasteiger charge is -2.39. The van der Waals surface area contributed by atoms with E-state index in [0.717, 1.165) is 25.9 Å². The molecule has 0 bridgehead atoms. The van der Waals surface area contributed by atoms with Crippen molar-refractivity contribution in [3.63, 3.8) is 0 Å². The quantitative estimate of drug-likeness (QED) is 0.886. The Hall–Kier alpha value is -1.76. The molecule has 2 fully saturated rings. The van der Waals surface area contributed by atoms with Crippen LogP contribution in [0.2, 0.25) is 0 Å². The van der Waals surface area contributed by atoms with Crippen molar-refractivity contribution in [3.05, 3.63) is 29.3 Å². The number of benzene rings is 1. The molecule has 0 aliphatic carbocycles. The van der Waals surface area contributed by atoms with Crippen LogP contribution >= 0.6 is 0 Å². The van der Waals surface area contributed by atoms with Crippen LogP contribution in [0, 0.1) is 12.8 Å². The van der Waals surface area contributed by atoms with Crippen LogP contribution in [0.3, 0.4) is 0 Å². The number of nitrogens with one attached hydrogen (secondary N) is 1. The Balaban J connectivity index is 1.67. The Labute approximate surface area is 146 Å². The van der Waals surface area contributed by atoms with Crippen molar-refractivity contribution in [2.24, 2.45) is 5.92 Å². The van der Waals surface area contributed by atoms with Gasteiger partial charge in [0.25, 0.3) is 0 Å². The third-order valence-corrected chi connectivity index (χ3v) is 5.08. The molecule has 1 N–H and O–H groups in total. The van der Waals surface area contributed by atoms with Crippen molar-refractivity contribution in [3.8, 4) is 0 Å². The molecular weight excluding hydrogens is 331 g/mol. The highest BCUT2D eigenvalue weighted by atomic mass is 19.4. The molecule has 0 spiro atoms. The van der Waals surface area contributed by atoms with E-state index < -0.39 is 11.7 Å². The third kappa shape index (κ3) is 4.08. The van der Waals surface area contributed by atoms with E-state index in [1.807, 2.05) is 4.90 Å². The van der Waals surface area contributed by atoms with E-state index in [1.54, 1.807) is 24.0 Å². The predicted molar refractivity (Wildman–Crippen MR) is 90.6 cm³/mol. The number of piperazine rings is 1. The SMILES string of the molecule is Cc1ccc(N2CCN(C(=O)C3CCNCC3)CC2)c(C(F)(F)F)c1. The molecular formula is C18H24F3N3O. The number of amides is 1. The van der Waals surface area contributed by atoms with Crippen molar-refractivity contribution in [1.29, 1.82) is 0 Å². The molecule has 0 saturated carbocycles. The number of carbonyl (C=O) groups excluding carboxylic acids is 1. The minimum absolute atomic E-state index is 0.0536. The van der Waals surface area contributed by atoms with Crippen LogP contribution in [-0.2, 0) is 11.0 Å². The van der Waals surface area contributed by atoms with Gasteiger partial charge in [0, 0.05) is 37.8 Å². The number of piperidine rings is 1. The summed E-state index contributed by atoms with van der Waals surface area (Å²) in [6.45, 7) is 5.20. The maximum Gasteiger partial charge on any atom is 0.418 e. The predicted octanol–water partition coefficient (Wildman–Crippen LogP) is 2.66. The molecule has 2 aliphatic rings. The second kappa shape index (κ2) is 7.23. The van der Waals surface area contributed by atoms with Gasteiger partial charge < -0.3 is 15.1 Å². The summed E-state index contributed by atoms with van der Waals surface area (Å²) >= 11 is 0. The Kier molecular flexibility index (Phi) is 5.22. The molecule has 7 heteroatoms. The zero-order valence-electron chi connectivity index (χ0n) is 14.4. The minimum atomic E-state index is -4.37. The Morgan fingerprint density at radius 1 is 1.12 bits per heavy atom. The monoisotopic (exact) mass is 355 g/mol. The topological polar surface area (TPSA) is 35.6 Å². The molecule has 25 heavy (non-hydrogen) atoms. The van der Waals surface area contributed by atoms with Gasteiger partial charge in [0.15, 0.2) is 0 Å². The van der Waals surface area contributed by atoms with Gasteiger partial charge in [-0.1, -0.05) is 11.6 Å². The highest BCUT2D eigenvalue weighted by molar-refractivity contribution is 5.79. The molecule has 0 unspecified atom stereocenters. The summed E-state index contributed by atoms with van der Waals surface area (Å²) in [4.78, 5) is 16.1. The van der Waals surface area contributed by atoms with E-state index in [1.165, 1.54) is 6.07 Å². The number of nitrogens with zero attached hydrogens (tertiary/aromatic N) is 2. The fraction of sp³-hybridized carbons (Fsp3) is 0.611. The van der Waals surface area contributed by atoms with Crippen LogP contribution in [0.5, 0.6) is 0 Å². The van der Waals surface area contributed by atoms with Gasteiger partial charge >= 0.3 is 6.18 Å². The van der Waals surface area contributed by atoms with E-state index in [2.05, 4.69) is 5.32 Å². The number of alkyl halides is 3. The normalized spacial score (nSPS) is 20.0. The van der Waals surface area contributed by atoms with Crippen LogP contribution in [0.25, 0.3) is 0 Å². The van der Waals surface area contributed by atoms with Crippen molar-refractivity contribution >= 4 is 11.6 Å². The van der Waals surface area contributed by atoms with Gasteiger partial charge in [-0.25, -0.2) is 0 Å². The lowest BCUT2D eigenvalue weighted by Crippen LogP contribution is -2.51. The van der Waals surface area contributed by atoms with Gasteiger partial charge in [0.05, 0.1) is 5.56 Å². The average molecular weight is 355 g/mol. The highest BCUT2D eigenvalue weighted by Gasteiger charge is 2.36. The molecule has 0 aromatic heterocycles. The Bertz CT molecular complexity index is 618. The Morgan fingerprint density at radius 2 is 1.76 bits per heavy atom. The molecule has 138 valence electrons. The van der Waals surface area contributed by atoms with Gasteiger partial charge in [-0.15, -0.1) is 0 Å². The molecule has 2 saturated heterocycles. The number of anilines is 1. The van der Waals surface area contributed by atoms with Gasteiger partial charge in [-0.2, -0.15) is 13.2 Å². The fourth-order valence-electron chi connectivity index (χ4n) is 3.65.